The number of aromatic nitrogens is 1. The molecule has 0 spiro atoms. The number of benzene rings is 1. The van der Waals surface area contributed by atoms with Gasteiger partial charge in [-0.1, -0.05) is 6.07 Å². The Hall–Kier alpha value is -1.93. The Labute approximate surface area is 189 Å². The molecule has 2 fully saturated rings. The van der Waals surface area contributed by atoms with Crippen LogP contribution in [0.3, 0.4) is 0 Å². The first-order valence-corrected chi connectivity index (χ1v) is 9.84. The quantitative estimate of drug-likeness (QED) is 0.766. The number of piperazine rings is 2. The Morgan fingerprint density at radius 3 is 2.47 bits per heavy atom. The summed E-state index contributed by atoms with van der Waals surface area (Å²) in [6.45, 7) is 5.92. The Morgan fingerprint density at radius 2 is 1.80 bits per heavy atom. The van der Waals surface area contributed by atoms with Gasteiger partial charge in [0.15, 0.2) is 0 Å². The number of amides is 1. The van der Waals surface area contributed by atoms with E-state index in [9.17, 15) is 9.18 Å². The molecule has 1 aromatic heterocycles. The molecule has 0 saturated carbocycles. The van der Waals surface area contributed by atoms with Crippen LogP contribution in [-0.4, -0.2) is 73.0 Å². The minimum Gasteiger partial charge on any atom is -0.368 e. The van der Waals surface area contributed by atoms with Gasteiger partial charge in [-0.25, -0.2) is 4.39 Å². The third-order valence-corrected chi connectivity index (χ3v) is 5.59. The normalized spacial score (nSPS) is 19.6. The molecule has 2 aromatic rings. The van der Waals surface area contributed by atoms with Crippen LogP contribution < -0.4 is 10.2 Å². The highest BCUT2D eigenvalue weighted by Gasteiger charge is 2.28. The number of hydrogen-bond donors (Lipinski definition) is 1. The van der Waals surface area contributed by atoms with Crippen LogP contribution in [0.25, 0.3) is 0 Å². The van der Waals surface area contributed by atoms with Crippen LogP contribution >= 0.6 is 24.8 Å². The first-order chi connectivity index (χ1) is 13.7. The number of carbonyl (C=O) groups excluding carboxylic acids is 1. The van der Waals surface area contributed by atoms with E-state index < -0.39 is 0 Å². The van der Waals surface area contributed by atoms with Crippen molar-refractivity contribution in [1.29, 1.82) is 0 Å². The van der Waals surface area contributed by atoms with E-state index >= 15 is 0 Å². The van der Waals surface area contributed by atoms with Crippen molar-refractivity contribution in [2.24, 2.45) is 0 Å². The number of rotatable bonds is 4. The predicted molar refractivity (Wildman–Crippen MR) is 121 cm³/mol. The van der Waals surface area contributed by atoms with Crippen LogP contribution in [0.1, 0.15) is 11.6 Å². The van der Waals surface area contributed by atoms with Crippen molar-refractivity contribution in [1.82, 2.24) is 20.1 Å². The average molecular weight is 456 g/mol. The smallest absolute Gasteiger partial charge is 0.236 e. The Balaban J connectivity index is 0.00000160. The van der Waals surface area contributed by atoms with Gasteiger partial charge >= 0.3 is 0 Å². The zero-order valence-electron chi connectivity index (χ0n) is 16.7. The van der Waals surface area contributed by atoms with E-state index in [1.54, 1.807) is 18.3 Å². The van der Waals surface area contributed by atoms with E-state index in [1.165, 1.54) is 12.1 Å². The van der Waals surface area contributed by atoms with E-state index in [0.29, 0.717) is 19.6 Å². The first-order valence-electron chi connectivity index (χ1n) is 9.84. The van der Waals surface area contributed by atoms with Crippen molar-refractivity contribution in [3.63, 3.8) is 0 Å². The molecule has 9 heteroatoms. The molecule has 0 radical (unpaired) electrons. The lowest BCUT2D eigenvalue weighted by Gasteiger charge is -2.39. The monoisotopic (exact) mass is 455 g/mol. The molecule has 1 N–H and O–H groups in total. The molecule has 6 nitrogen and oxygen atoms in total. The van der Waals surface area contributed by atoms with Gasteiger partial charge in [0, 0.05) is 69.9 Å². The maximum absolute atomic E-state index is 13.1. The van der Waals surface area contributed by atoms with Gasteiger partial charge in [-0.2, -0.15) is 0 Å². The zero-order valence-corrected chi connectivity index (χ0v) is 18.4. The minimum atomic E-state index is -0.225. The number of pyridine rings is 1. The van der Waals surface area contributed by atoms with Crippen LogP contribution in [0.4, 0.5) is 10.1 Å². The Bertz CT molecular complexity index is 788. The second kappa shape index (κ2) is 11.5. The largest absolute Gasteiger partial charge is 0.368 e. The number of halogens is 3. The summed E-state index contributed by atoms with van der Waals surface area (Å²) < 4.78 is 13.1. The molecular formula is C21H28Cl2FN5O. The number of nitrogens with one attached hydrogen (secondary N) is 1. The van der Waals surface area contributed by atoms with E-state index in [0.717, 1.165) is 44.0 Å². The standard InChI is InChI=1S/C21H26FN5O.2ClH/c22-18-3-5-19(6-4-18)25-10-12-26(13-11-25)21(28)16-27-9-8-24-15-20(27)17-2-1-7-23-14-17;;/h1-7,14,20,24H,8-13,15-16H2;2*1H. The summed E-state index contributed by atoms with van der Waals surface area (Å²) in [4.78, 5) is 23.5. The van der Waals surface area contributed by atoms with Crippen LogP contribution in [0.2, 0.25) is 0 Å². The molecule has 0 aliphatic carbocycles. The fourth-order valence-corrected chi connectivity index (χ4v) is 3.98. The topological polar surface area (TPSA) is 51.7 Å². The molecule has 2 saturated heterocycles. The molecule has 30 heavy (non-hydrogen) atoms. The Kier molecular flexibility index (Phi) is 9.30. The maximum atomic E-state index is 13.1. The van der Waals surface area contributed by atoms with E-state index in [1.807, 2.05) is 17.2 Å². The third-order valence-electron chi connectivity index (χ3n) is 5.59. The van der Waals surface area contributed by atoms with Gasteiger partial charge in [-0.15, -0.1) is 24.8 Å². The van der Waals surface area contributed by atoms with Crippen molar-refractivity contribution < 1.29 is 9.18 Å². The summed E-state index contributed by atoms with van der Waals surface area (Å²) in [5.41, 5.74) is 2.15. The second-order valence-corrected chi connectivity index (χ2v) is 7.32. The zero-order chi connectivity index (χ0) is 19.3. The van der Waals surface area contributed by atoms with E-state index in [-0.39, 0.29) is 42.6 Å². The van der Waals surface area contributed by atoms with Gasteiger partial charge in [-0.3, -0.25) is 14.7 Å². The molecule has 1 atom stereocenters. The predicted octanol–water partition coefficient (Wildman–Crippen LogP) is 2.36. The summed E-state index contributed by atoms with van der Waals surface area (Å²) in [6, 6.07) is 10.7. The van der Waals surface area contributed by atoms with Gasteiger partial charge in [0.05, 0.1) is 6.54 Å². The number of nitrogens with zero attached hydrogens (tertiary/aromatic N) is 4. The molecule has 0 bridgehead atoms. The van der Waals surface area contributed by atoms with Crippen molar-refractivity contribution in [3.8, 4) is 0 Å². The molecule has 2 aliphatic rings. The molecule has 1 amide bonds. The fourth-order valence-electron chi connectivity index (χ4n) is 3.98. The van der Waals surface area contributed by atoms with Crippen LogP contribution in [0.15, 0.2) is 48.8 Å². The molecule has 164 valence electrons. The van der Waals surface area contributed by atoms with Gasteiger partial charge in [0.25, 0.3) is 0 Å². The molecule has 1 aromatic carbocycles. The summed E-state index contributed by atoms with van der Waals surface area (Å²) in [5, 5.41) is 3.42. The summed E-state index contributed by atoms with van der Waals surface area (Å²) >= 11 is 0. The van der Waals surface area contributed by atoms with E-state index in [4.69, 9.17) is 0 Å². The van der Waals surface area contributed by atoms with Crippen LogP contribution in [0, 0.1) is 5.82 Å². The third kappa shape index (κ3) is 5.82. The Morgan fingerprint density at radius 1 is 1.07 bits per heavy atom. The van der Waals surface area contributed by atoms with Gasteiger partial charge < -0.3 is 15.1 Å². The van der Waals surface area contributed by atoms with Crippen molar-refractivity contribution >= 4 is 36.4 Å². The van der Waals surface area contributed by atoms with Crippen molar-refractivity contribution in [3.05, 3.63) is 60.2 Å². The fraction of sp³-hybridized carbons (Fsp3) is 0.429. The van der Waals surface area contributed by atoms with Crippen molar-refractivity contribution in [2.45, 2.75) is 6.04 Å². The summed E-state index contributed by atoms with van der Waals surface area (Å²) in [7, 11) is 0. The van der Waals surface area contributed by atoms with Crippen molar-refractivity contribution in [2.75, 3.05) is 57.3 Å². The highest BCUT2D eigenvalue weighted by atomic mass is 35.5. The molecule has 1 unspecified atom stereocenters. The summed E-state index contributed by atoms with van der Waals surface area (Å²) in [6.07, 6.45) is 3.66. The molecular weight excluding hydrogens is 428 g/mol. The lowest BCUT2D eigenvalue weighted by atomic mass is 10.1. The molecule has 4 rings (SSSR count). The number of carbonyl (C=O) groups is 1. The first kappa shape index (κ1) is 24.3. The SMILES string of the molecule is Cl.Cl.O=C(CN1CCNCC1c1cccnc1)N1CCN(c2ccc(F)cc2)CC1. The van der Waals surface area contributed by atoms with Crippen LogP contribution in [-0.2, 0) is 4.79 Å². The average Bonchev–Trinajstić information content (AvgIpc) is 2.75. The second-order valence-electron chi connectivity index (χ2n) is 7.32. The highest BCUT2D eigenvalue weighted by Crippen LogP contribution is 2.22. The maximum Gasteiger partial charge on any atom is 0.236 e. The van der Waals surface area contributed by atoms with Gasteiger partial charge in [-0.05, 0) is 35.9 Å². The lowest BCUT2D eigenvalue weighted by molar-refractivity contribution is -0.133. The molecule has 3 heterocycles. The van der Waals surface area contributed by atoms with Crippen LogP contribution in [0.5, 0.6) is 0 Å². The lowest BCUT2D eigenvalue weighted by Crippen LogP contribution is -2.54. The summed E-state index contributed by atoms with van der Waals surface area (Å²) in [5.74, 6) is -0.0497. The number of anilines is 1. The van der Waals surface area contributed by atoms with Gasteiger partial charge in [0.1, 0.15) is 5.82 Å². The highest BCUT2D eigenvalue weighted by molar-refractivity contribution is 5.85. The minimum absolute atomic E-state index is 0. The number of hydrogen-bond acceptors (Lipinski definition) is 5. The van der Waals surface area contributed by atoms with Gasteiger partial charge in [0.2, 0.25) is 5.91 Å². The molecule has 2 aliphatic heterocycles. The van der Waals surface area contributed by atoms with E-state index in [2.05, 4.69) is 26.2 Å².